The van der Waals surface area contributed by atoms with E-state index in [9.17, 15) is 0 Å². The molecule has 0 aromatic carbocycles. The molecule has 18 heavy (non-hydrogen) atoms. The lowest BCUT2D eigenvalue weighted by Gasteiger charge is -2.42. The van der Waals surface area contributed by atoms with Gasteiger partial charge in [-0.15, -0.1) is 0 Å². The summed E-state index contributed by atoms with van der Waals surface area (Å²) in [6.07, 6.45) is 7.11. The maximum Gasteiger partial charge on any atom is 0.00104 e. The van der Waals surface area contributed by atoms with E-state index in [4.69, 9.17) is 0 Å². The van der Waals surface area contributed by atoms with Crippen LogP contribution in [0.4, 0.5) is 0 Å². The minimum Gasteiger partial charge on any atom is -0.314 e. The molecule has 1 aliphatic carbocycles. The molecular formula is C17H35N. The lowest BCUT2D eigenvalue weighted by molar-refractivity contribution is 0.0912. The maximum atomic E-state index is 3.66. The summed E-state index contributed by atoms with van der Waals surface area (Å²) >= 11 is 0. The minimum atomic E-state index is 0.502. The third-order valence-electron chi connectivity index (χ3n) is 4.81. The van der Waals surface area contributed by atoms with Crippen LogP contribution in [0.15, 0.2) is 0 Å². The molecule has 108 valence electrons. The largest absolute Gasteiger partial charge is 0.314 e. The smallest absolute Gasteiger partial charge is 0.00104 e. The van der Waals surface area contributed by atoms with Crippen LogP contribution < -0.4 is 5.32 Å². The van der Waals surface area contributed by atoms with Gasteiger partial charge in [0.05, 0.1) is 0 Å². The van der Waals surface area contributed by atoms with Crippen LogP contribution in [0.2, 0.25) is 0 Å². The lowest BCUT2D eigenvalue weighted by Crippen LogP contribution is -2.38. The predicted octanol–water partition coefficient (Wildman–Crippen LogP) is 4.86. The Bertz CT molecular complexity index is 226. The van der Waals surface area contributed by atoms with Crippen molar-refractivity contribution in [1.29, 1.82) is 0 Å². The van der Waals surface area contributed by atoms with Crippen molar-refractivity contribution >= 4 is 0 Å². The fraction of sp³-hybridized carbons (Fsp3) is 1.00. The van der Waals surface area contributed by atoms with Gasteiger partial charge in [-0.3, -0.25) is 0 Å². The summed E-state index contributed by atoms with van der Waals surface area (Å²) in [5.41, 5.74) is 0.502. The van der Waals surface area contributed by atoms with Crippen LogP contribution in [0.5, 0.6) is 0 Å². The first kappa shape index (κ1) is 16.0. The molecular weight excluding hydrogens is 218 g/mol. The van der Waals surface area contributed by atoms with E-state index in [0.29, 0.717) is 11.5 Å². The first-order chi connectivity index (χ1) is 8.34. The highest BCUT2D eigenvalue weighted by atomic mass is 14.9. The van der Waals surface area contributed by atoms with Gasteiger partial charge in [-0.05, 0) is 49.0 Å². The molecule has 1 aliphatic rings. The molecule has 0 aromatic rings. The van der Waals surface area contributed by atoms with E-state index in [1.54, 1.807) is 0 Å². The van der Waals surface area contributed by atoms with Gasteiger partial charge in [-0.25, -0.2) is 0 Å². The SMILES string of the molecule is CCCC1CC(C(C)(C)C)CCC1CNC(C)C. The third-order valence-corrected chi connectivity index (χ3v) is 4.81. The van der Waals surface area contributed by atoms with Crippen molar-refractivity contribution in [2.24, 2.45) is 23.2 Å². The average molecular weight is 253 g/mol. The van der Waals surface area contributed by atoms with Crippen molar-refractivity contribution in [2.45, 2.75) is 79.7 Å². The van der Waals surface area contributed by atoms with Crippen molar-refractivity contribution in [3.63, 3.8) is 0 Å². The zero-order valence-corrected chi connectivity index (χ0v) is 13.6. The van der Waals surface area contributed by atoms with Crippen LogP contribution >= 0.6 is 0 Å². The van der Waals surface area contributed by atoms with Gasteiger partial charge in [0, 0.05) is 6.04 Å². The van der Waals surface area contributed by atoms with Crippen LogP contribution in [-0.4, -0.2) is 12.6 Å². The summed E-state index contributed by atoms with van der Waals surface area (Å²) in [4.78, 5) is 0. The van der Waals surface area contributed by atoms with Crippen LogP contribution in [0.3, 0.4) is 0 Å². The van der Waals surface area contributed by atoms with Gasteiger partial charge in [0.15, 0.2) is 0 Å². The normalized spacial score (nSPS) is 29.8. The lowest BCUT2D eigenvalue weighted by atomic mass is 9.64. The Morgan fingerprint density at radius 1 is 1.11 bits per heavy atom. The molecule has 0 aromatic heterocycles. The second kappa shape index (κ2) is 6.93. The number of hydrogen-bond acceptors (Lipinski definition) is 1. The Kier molecular flexibility index (Phi) is 6.17. The van der Waals surface area contributed by atoms with Gasteiger partial charge >= 0.3 is 0 Å². The summed E-state index contributed by atoms with van der Waals surface area (Å²) < 4.78 is 0. The quantitative estimate of drug-likeness (QED) is 0.737. The topological polar surface area (TPSA) is 12.0 Å². The van der Waals surface area contributed by atoms with Crippen LogP contribution in [-0.2, 0) is 0 Å². The molecule has 0 spiro atoms. The molecule has 1 nitrogen and oxygen atoms in total. The highest BCUT2D eigenvalue weighted by molar-refractivity contribution is 4.86. The van der Waals surface area contributed by atoms with E-state index in [2.05, 4.69) is 46.9 Å². The van der Waals surface area contributed by atoms with E-state index in [0.717, 1.165) is 17.8 Å². The van der Waals surface area contributed by atoms with Crippen molar-refractivity contribution in [3.8, 4) is 0 Å². The number of rotatable bonds is 5. The molecule has 0 aliphatic heterocycles. The number of nitrogens with one attached hydrogen (secondary N) is 1. The monoisotopic (exact) mass is 253 g/mol. The third kappa shape index (κ3) is 4.91. The Labute approximate surface area is 115 Å². The second-order valence-electron chi connectivity index (χ2n) is 7.75. The van der Waals surface area contributed by atoms with E-state index in [1.807, 2.05) is 0 Å². The Balaban J connectivity index is 2.55. The first-order valence-electron chi connectivity index (χ1n) is 8.08. The van der Waals surface area contributed by atoms with Gasteiger partial charge in [-0.1, -0.05) is 54.4 Å². The Morgan fingerprint density at radius 3 is 2.28 bits per heavy atom. The molecule has 3 atom stereocenters. The average Bonchev–Trinajstić information content (AvgIpc) is 2.26. The van der Waals surface area contributed by atoms with Gasteiger partial charge in [0.2, 0.25) is 0 Å². The highest BCUT2D eigenvalue weighted by Crippen LogP contribution is 2.44. The highest BCUT2D eigenvalue weighted by Gasteiger charge is 2.35. The molecule has 0 amide bonds. The molecule has 1 heteroatoms. The summed E-state index contributed by atoms with van der Waals surface area (Å²) in [5, 5.41) is 3.66. The fourth-order valence-electron chi connectivity index (χ4n) is 3.49. The summed E-state index contributed by atoms with van der Waals surface area (Å²) in [7, 11) is 0. The standard InChI is InChI=1S/C17H35N/c1-7-8-14-11-16(17(4,5)6)10-9-15(14)12-18-13(2)3/h13-16,18H,7-12H2,1-6H3. The minimum absolute atomic E-state index is 0.502. The van der Waals surface area contributed by atoms with Crippen molar-refractivity contribution < 1.29 is 0 Å². The molecule has 1 rings (SSSR count). The second-order valence-corrected chi connectivity index (χ2v) is 7.75. The van der Waals surface area contributed by atoms with Gasteiger partial charge in [-0.2, -0.15) is 0 Å². The summed E-state index contributed by atoms with van der Waals surface area (Å²) in [5.74, 6) is 2.81. The molecule has 1 fully saturated rings. The van der Waals surface area contributed by atoms with Crippen LogP contribution in [0.25, 0.3) is 0 Å². The molecule has 0 heterocycles. The van der Waals surface area contributed by atoms with Crippen LogP contribution in [0.1, 0.15) is 73.6 Å². The molecule has 0 saturated heterocycles. The van der Waals surface area contributed by atoms with Crippen LogP contribution in [0, 0.1) is 23.2 Å². The zero-order chi connectivity index (χ0) is 13.8. The Hall–Kier alpha value is -0.0400. The van der Waals surface area contributed by atoms with E-state index < -0.39 is 0 Å². The van der Waals surface area contributed by atoms with E-state index >= 15 is 0 Å². The maximum absolute atomic E-state index is 3.66. The molecule has 1 saturated carbocycles. The van der Waals surface area contributed by atoms with Gasteiger partial charge in [0.1, 0.15) is 0 Å². The summed E-state index contributed by atoms with van der Waals surface area (Å²) in [6, 6.07) is 0.632. The van der Waals surface area contributed by atoms with Gasteiger partial charge < -0.3 is 5.32 Å². The number of hydrogen-bond donors (Lipinski definition) is 1. The van der Waals surface area contributed by atoms with Crippen molar-refractivity contribution in [3.05, 3.63) is 0 Å². The summed E-state index contributed by atoms with van der Waals surface area (Å²) in [6.45, 7) is 15.4. The first-order valence-corrected chi connectivity index (χ1v) is 8.08. The van der Waals surface area contributed by atoms with Gasteiger partial charge in [0.25, 0.3) is 0 Å². The Morgan fingerprint density at radius 2 is 1.78 bits per heavy atom. The zero-order valence-electron chi connectivity index (χ0n) is 13.6. The molecule has 1 N–H and O–H groups in total. The predicted molar refractivity (Wildman–Crippen MR) is 81.8 cm³/mol. The van der Waals surface area contributed by atoms with E-state index in [1.165, 1.54) is 38.6 Å². The van der Waals surface area contributed by atoms with Crippen molar-refractivity contribution in [1.82, 2.24) is 5.32 Å². The molecule has 0 radical (unpaired) electrons. The molecule has 3 unspecified atom stereocenters. The fourth-order valence-corrected chi connectivity index (χ4v) is 3.49. The van der Waals surface area contributed by atoms with Crippen molar-refractivity contribution in [2.75, 3.05) is 6.54 Å². The molecule has 0 bridgehead atoms. The van der Waals surface area contributed by atoms with E-state index in [-0.39, 0.29) is 0 Å².